The molecule has 1 aliphatic heterocycles. The highest BCUT2D eigenvalue weighted by molar-refractivity contribution is 6.01. The van der Waals surface area contributed by atoms with Gasteiger partial charge in [-0.1, -0.05) is 0 Å². The van der Waals surface area contributed by atoms with E-state index < -0.39 is 0 Å². The van der Waals surface area contributed by atoms with Gasteiger partial charge in [-0.3, -0.25) is 9.69 Å². The predicted molar refractivity (Wildman–Crippen MR) is 41.6 cm³/mol. The van der Waals surface area contributed by atoms with Crippen LogP contribution in [-0.2, 0) is 9.53 Å². The molecule has 1 fully saturated rings. The number of hydrogen-bond acceptors (Lipinski definition) is 3. The fourth-order valence-electron chi connectivity index (χ4n) is 1.03. The second-order valence-electron chi connectivity index (χ2n) is 2.65. The van der Waals surface area contributed by atoms with Crippen molar-refractivity contribution in [1.29, 1.82) is 0 Å². The van der Waals surface area contributed by atoms with Crippen molar-refractivity contribution in [2.75, 3.05) is 33.9 Å². The second kappa shape index (κ2) is 3.53. The average Bonchev–Trinajstić information content (AvgIpc) is 2.30. The number of carbonyl (C=O) groups excluding carboxylic acids is 2. The van der Waals surface area contributed by atoms with Gasteiger partial charge < -0.3 is 9.64 Å². The lowest BCUT2D eigenvalue weighted by Crippen LogP contribution is -2.32. The van der Waals surface area contributed by atoms with E-state index in [0.29, 0.717) is 13.2 Å². The largest absolute Gasteiger partial charge is 0.383 e. The Morgan fingerprint density at radius 2 is 2.17 bits per heavy atom. The van der Waals surface area contributed by atoms with Crippen LogP contribution in [0.2, 0.25) is 0 Å². The van der Waals surface area contributed by atoms with Crippen molar-refractivity contribution in [3.8, 4) is 0 Å². The van der Waals surface area contributed by atoms with Crippen LogP contribution in [0.1, 0.15) is 0 Å². The summed E-state index contributed by atoms with van der Waals surface area (Å²) in [5, 5.41) is 0. The van der Waals surface area contributed by atoms with Crippen LogP contribution in [0, 0.1) is 0 Å². The molecule has 1 aliphatic rings. The summed E-state index contributed by atoms with van der Waals surface area (Å²) in [5.41, 5.74) is 0. The fourth-order valence-corrected chi connectivity index (χ4v) is 1.03. The van der Waals surface area contributed by atoms with Gasteiger partial charge >= 0.3 is 6.03 Å². The van der Waals surface area contributed by atoms with Crippen LogP contribution in [0.3, 0.4) is 0 Å². The molecule has 0 spiro atoms. The van der Waals surface area contributed by atoms with Crippen molar-refractivity contribution in [3.05, 3.63) is 0 Å². The first-order valence-electron chi connectivity index (χ1n) is 3.71. The minimum Gasteiger partial charge on any atom is -0.383 e. The first-order valence-corrected chi connectivity index (χ1v) is 3.71. The van der Waals surface area contributed by atoms with Gasteiger partial charge in [0, 0.05) is 20.7 Å². The summed E-state index contributed by atoms with van der Waals surface area (Å²) >= 11 is 0. The Labute approximate surface area is 70.9 Å². The van der Waals surface area contributed by atoms with E-state index >= 15 is 0 Å². The standard InChI is InChI=1S/C7H12N2O3/c1-8-6(10)5-9(7(8)11)3-4-12-2/h3-5H2,1-2H3. The number of likely N-dealkylation sites (N-methyl/N-ethyl adjacent to an activating group) is 1. The normalized spacial score (nSPS) is 17.8. The molecular formula is C7H12N2O3. The third-order valence-electron chi connectivity index (χ3n) is 1.82. The number of methoxy groups -OCH3 is 1. The number of nitrogens with zero attached hydrogens (tertiary/aromatic N) is 2. The molecule has 5 nitrogen and oxygen atoms in total. The van der Waals surface area contributed by atoms with Gasteiger partial charge in [0.2, 0.25) is 5.91 Å². The van der Waals surface area contributed by atoms with Crippen molar-refractivity contribution in [2.24, 2.45) is 0 Å². The molecule has 0 saturated carbocycles. The highest BCUT2D eigenvalue weighted by Gasteiger charge is 2.32. The van der Waals surface area contributed by atoms with Crippen LogP contribution < -0.4 is 0 Å². The van der Waals surface area contributed by atoms with Crippen LogP contribution >= 0.6 is 0 Å². The van der Waals surface area contributed by atoms with Crippen LogP contribution in [-0.4, -0.2) is 55.6 Å². The zero-order valence-corrected chi connectivity index (χ0v) is 7.24. The van der Waals surface area contributed by atoms with Gasteiger partial charge in [0.25, 0.3) is 0 Å². The summed E-state index contributed by atoms with van der Waals surface area (Å²) in [4.78, 5) is 24.8. The molecule has 12 heavy (non-hydrogen) atoms. The van der Waals surface area contributed by atoms with E-state index in [9.17, 15) is 9.59 Å². The van der Waals surface area contributed by atoms with E-state index in [2.05, 4.69) is 0 Å². The van der Waals surface area contributed by atoms with Gasteiger partial charge in [-0.2, -0.15) is 0 Å². The van der Waals surface area contributed by atoms with Crippen LogP contribution in [0.25, 0.3) is 0 Å². The zero-order valence-electron chi connectivity index (χ0n) is 7.24. The number of hydrogen-bond donors (Lipinski definition) is 0. The quantitative estimate of drug-likeness (QED) is 0.540. The first-order chi connectivity index (χ1) is 5.66. The Morgan fingerprint density at radius 3 is 2.58 bits per heavy atom. The Hall–Kier alpha value is -1.10. The summed E-state index contributed by atoms with van der Waals surface area (Å²) in [7, 11) is 3.05. The molecule has 0 aromatic rings. The molecule has 5 heteroatoms. The molecule has 0 radical (unpaired) electrons. The minimum absolute atomic E-state index is 0.156. The second-order valence-corrected chi connectivity index (χ2v) is 2.65. The van der Waals surface area contributed by atoms with Crippen molar-refractivity contribution >= 4 is 11.9 Å². The van der Waals surface area contributed by atoms with Gasteiger partial charge in [0.05, 0.1) is 6.61 Å². The molecule has 1 saturated heterocycles. The van der Waals surface area contributed by atoms with Crippen molar-refractivity contribution < 1.29 is 14.3 Å². The summed E-state index contributed by atoms with van der Waals surface area (Å²) in [5.74, 6) is -0.156. The van der Waals surface area contributed by atoms with E-state index in [1.807, 2.05) is 0 Å². The van der Waals surface area contributed by atoms with Gasteiger partial charge in [0.1, 0.15) is 6.54 Å². The number of urea groups is 1. The number of imide groups is 1. The lowest BCUT2D eigenvalue weighted by molar-refractivity contribution is -0.124. The third-order valence-corrected chi connectivity index (χ3v) is 1.82. The summed E-state index contributed by atoms with van der Waals surface area (Å²) in [6.45, 7) is 1.12. The Kier molecular flexibility index (Phi) is 2.65. The fraction of sp³-hybridized carbons (Fsp3) is 0.714. The van der Waals surface area contributed by atoms with Crippen LogP contribution in [0.5, 0.6) is 0 Å². The predicted octanol–water partition coefficient (Wildman–Crippen LogP) is -0.473. The van der Waals surface area contributed by atoms with E-state index in [1.54, 1.807) is 7.11 Å². The summed E-state index contributed by atoms with van der Waals surface area (Å²) < 4.78 is 4.80. The van der Waals surface area contributed by atoms with Crippen LogP contribution in [0.15, 0.2) is 0 Å². The molecule has 0 aromatic carbocycles. The maximum atomic E-state index is 11.2. The molecule has 0 bridgehead atoms. The molecule has 3 amide bonds. The number of rotatable bonds is 3. The average molecular weight is 172 g/mol. The van der Waals surface area contributed by atoms with Crippen molar-refractivity contribution in [3.63, 3.8) is 0 Å². The van der Waals surface area contributed by atoms with E-state index in [4.69, 9.17) is 4.74 Å². The first kappa shape index (κ1) is 8.99. The van der Waals surface area contributed by atoms with Crippen LogP contribution in [0.4, 0.5) is 4.79 Å². The zero-order chi connectivity index (χ0) is 9.14. The Bertz CT molecular complexity index is 205. The highest BCUT2D eigenvalue weighted by atomic mass is 16.5. The van der Waals surface area contributed by atoms with Gasteiger partial charge in [-0.25, -0.2) is 4.79 Å². The molecule has 68 valence electrons. The van der Waals surface area contributed by atoms with E-state index in [-0.39, 0.29) is 18.5 Å². The molecule has 1 rings (SSSR count). The molecule has 0 atom stereocenters. The summed E-state index contributed by atoms with van der Waals surface area (Å²) in [6.07, 6.45) is 0. The number of ether oxygens (including phenoxy) is 1. The topological polar surface area (TPSA) is 49.9 Å². The molecular weight excluding hydrogens is 160 g/mol. The molecule has 0 aliphatic carbocycles. The van der Waals surface area contributed by atoms with E-state index in [0.717, 1.165) is 4.90 Å². The monoisotopic (exact) mass is 172 g/mol. The molecule has 1 heterocycles. The van der Waals surface area contributed by atoms with E-state index in [1.165, 1.54) is 11.9 Å². The number of amides is 3. The lowest BCUT2D eigenvalue weighted by atomic mass is 10.5. The van der Waals surface area contributed by atoms with Crippen molar-refractivity contribution in [2.45, 2.75) is 0 Å². The highest BCUT2D eigenvalue weighted by Crippen LogP contribution is 2.06. The molecule has 0 unspecified atom stereocenters. The number of carbonyl (C=O) groups is 2. The minimum atomic E-state index is -0.239. The Morgan fingerprint density at radius 1 is 1.50 bits per heavy atom. The lowest BCUT2D eigenvalue weighted by Gasteiger charge is -2.13. The maximum absolute atomic E-state index is 11.2. The maximum Gasteiger partial charge on any atom is 0.327 e. The van der Waals surface area contributed by atoms with Gasteiger partial charge in [-0.05, 0) is 0 Å². The smallest absolute Gasteiger partial charge is 0.327 e. The Balaban J connectivity index is 2.47. The SMILES string of the molecule is COCCN1CC(=O)N(C)C1=O. The molecule has 0 aromatic heterocycles. The van der Waals surface area contributed by atoms with Crippen molar-refractivity contribution in [1.82, 2.24) is 9.80 Å². The van der Waals surface area contributed by atoms with Gasteiger partial charge in [0.15, 0.2) is 0 Å². The molecule has 0 N–H and O–H groups in total. The summed E-state index contributed by atoms with van der Waals surface area (Å²) in [6, 6.07) is -0.239. The van der Waals surface area contributed by atoms with Gasteiger partial charge in [-0.15, -0.1) is 0 Å². The third kappa shape index (κ3) is 1.55.